The molecular weight excluding hydrogens is 186 g/mol. The van der Waals surface area contributed by atoms with Crippen LogP contribution in [0.15, 0.2) is 18.2 Å². The molecule has 0 fully saturated rings. The minimum atomic E-state index is -0.826. The van der Waals surface area contributed by atoms with Crippen LogP contribution in [0.1, 0.15) is 17.9 Å². The predicted molar refractivity (Wildman–Crippen MR) is 50.9 cm³/mol. The molecule has 0 aliphatic heterocycles. The Kier molecular flexibility index (Phi) is 4.01. The minimum Gasteiger partial charge on any atom is -0.385 e. The van der Waals surface area contributed by atoms with E-state index in [4.69, 9.17) is 4.74 Å². The molecule has 1 unspecified atom stereocenters. The summed E-state index contributed by atoms with van der Waals surface area (Å²) < 4.78 is 30.3. The zero-order valence-electron chi connectivity index (χ0n) is 8.09. The minimum absolute atomic E-state index is 0.0648. The summed E-state index contributed by atoms with van der Waals surface area (Å²) in [4.78, 5) is 0. The second kappa shape index (κ2) is 5.05. The SMILES string of the molecule is [CH2]C(CCOC)c1ccc(F)c(F)c1. The second-order valence-corrected chi connectivity index (χ2v) is 3.15. The zero-order chi connectivity index (χ0) is 10.6. The highest BCUT2D eigenvalue weighted by Gasteiger charge is 2.08. The third-order valence-corrected chi connectivity index (χ3v) is 2.09. The van der Waals surface area contributed by atoms with E-state index in [0.29, 0.717) is 18.6 Å². The van der Waals surface area contributed by atoms with E-state index >= 15 is 0 Å². The maximum atomic E-state index is 12.8. The van der Waals surface area contributed by atoms with Gasteiger partial charge < -0.3 is 4.74 Å². The standard InChI is InChI=1S/C11H13F2O/c1-8(5-6-14-2)9-3-4-10(12)11(13)7-9/h3-4,7-8H,1,5-6H2,2H3. The van der Waals surface area contributed by atoms with Crippen LogP contribution in [0, 0.1) is 18.6 Å². The van der Waals surface area contributed by atoms with Gasteiger partial charge in [0, 0.05) is 13.7 Å². The van der Waals surface area contributed by atoms with Gasteiger partial charge in [-0.3, -0.25) is 0 Å². The summed E-state index contributed by atoms with van der Waals surface area (Å²) in [6, 6.07) is 3.85. The Bertz CT molecular complexity index is 299. The van der Waals surface area contributed by atoms with Crippen LogP contribution < -0.4 is 0 Å². The molecule has 0 spiro atoms. The molecule has 1 radical (unpaired) electrons. The quantitative estimate of drug-likeness (QED) is 0.724. The lowest BCUT2D eigenvalue weighted by atomic mass is 9.98. The molecule has 0 heterocycles. The molecule has 1 rings (SSSR count). The van der Waals surface area contributed by atoms with Crippen molar-refractivity contribution in [3.8, 4) is 0 Å². The predicted octanol–water partition coefficient (Wildman–Crippen LogP) is 2.92. The molecule has 3 heteroatoms. The molecule has 0 aliphatic carbocycles. The molecule has 77 valence electrons. The van der Waals surface area contributed by atoms with Gasteiger partial charge in [-0.25, -0.2) is 8.78 Å². The Morgan fingerprint density at radius 2 is 2.07 bits per heavy atom. The summed E-state index contributed by atoms with van der Waals surface area (Å²) in [5.74, 6) is -1.72. The lowest BCUT2D eigenvalue weighted by Gasteiger charge is -2.10. The summed E-state index contributed by atoms with van der Waals surface area (Å²) in [5.41, 5.74) is 0.695. The molecule has 0 saturated heterocycles. The Labute approximate surface area is 82.7 Å². The average molecular weight is 199 g/mol. The van der Waals surface area contributed by atoms with Gasteiger partial charge in [-0.2, -0.15) is 0 Å². The van der Waals surface area contributed by atoms with Gasteiger partial charge in [0.1, 0.15) is 0 Å². The monoisotopic (exact) mass is 199 g/mol. The van der Waals surface area contributed by atoms with Gasteiger partial charge in [0.25, 0.3) is 0 Å². The Morgan fingerprint density at radius 1 is 1.36 bits per heavy atom. The molecule has 1 aromatic carbocycles. The third-order valence-electron chi connectivity index (χ3n) is 2.09. The van der Waals surface area contributed by atoms with E-state index in [1.54, 1.807) is 13.2 Å². The van der Waals surface area contributed by atoms with Crippen LogP contribution in [-0.4, -0.2) is 13.7 Å². The fraction of sp³-hybridized carbons (Fsp3) is 0.364. The first-order valence-corrected chi connectivity index (χ1v) is 4.42. The van der Waals surface area contributed by atoms with Gasteiger partial charge in [-0.05, 0) is 37.0 Å². The molecule has 0 aromatic heterocycles. The highest BCUT2D eigenvalue weighted by Crippen LogP contribution is 2.20. The van der Waals surface area contributed by atoms with E-state index in [2.05, 4.69) is 6.92 Å². The van der Waals surface area contributed by atoms with Crippen molar-refractivity contribution in [2.45, 2.75) is 12.3 Å². The molecule has 0 amide bonds. The van der Waals surface area contributed by atoms with Gasteiger partial charge in [-0.1, -0.05) is 6.07 Å². The summed E-state index contributed by atoms with van der Waals surface area (Å²) in [7, 11) is 1.60. The van der Waals surface area contributed by atoms with Crippen molar-refractivity contribution in [3.63, 3.8) is 0 Å². The number of benzene rings is 1. The highest BCUT2D eigenvalue weighted by atomic mass is 19.2. The molecule has 1 atom stereocenters. The Balaban J connectivity index is 2.70. The summed E-state index contributed by atoms with van der Waals surface area (Å²) in [5, 5.41) is 0. The van der Waals surface area contributed by atoms with Crippen LogP contribution in [0.4, 0.5) is 8.78 Å². The smallest absolute Gasteiger partial charge is 0.159 e. The van der Waals surface area contributed by atoms with Crippen LogP contribution in [0.3, 0.4) is 0 Å². The molecule has 1 nitrogen and oxygen atoms in total. The number of methoxy groups -OCH3 is 1. The highest BCUT2D eigenvalue weighted by molar-refractivity contribution is 5.22. The van der Waals surface area contributed by atoms with E-state index in [-0.39, 0.29) is 5.92 Å². The summed E-state index contributed by atoms with van der Waals surface area (Å²) in [6.07, 6.45) is 0.696. The number of rotatable bonds is 4. The van der Waals surface area contributed by atoms with Crippen LogP contribution in [0.5, 0.6) is 0 Å². The van der Waals surface area contributed by atoms with E-state index < -0.39 is 11.6 Å². The first-order valence-electron chi connectivity index (χ1n) is 4.42. The van der Waals surface area contributed by atoms with Gasteiger partial charge in [0.05, 0.1) is 0 Å². The van der Waals surface area contributed by atoms with Gasteiger partial charge in [0.2, 0.25) is 0 Å². The first kappa shape index (κ1) is 11.1. The maximum absolute atomic E-state index is 12.8. The Morgan fingerprint density at radius 3 is 2.64 bits per heavy atom. The van der Waals surface area contributed by atoms with E-state index in [0.717, 1.165) is 6.07 Å². The molecule has 0 N–H and O–H groups in total. The fourth-order valence-corrected chi connectivity index (χ4v) is 1.19. The maximum Gasteiger partial charge on any atom is 0.159 e. The molecule has 0 saturated carbocycles. The van der Waals surface area contributed by atoms with Crippen LogP contribution >= 0.6 is 0 Å². The molecular formula is C11H13F2O. The largest absolute Gasteiger partial charge is 0.385 e. The van der Waals surface area contributed by atoms with Gasteiger partial charge >= 0.3 is 0 Å². The van der Waals surface area contributed by atoms with Crippen molar-refractivity contribution in [2.24, 2.45) is 0 Å². The van der Waals surface area contributed by atoms with E-state index in [9.17, 15) is 8.78 Å². The summed E-state index contributed by atoms with van der Waals surface area (Å²) in [6.45, 7) is 4.41. The first-order chi connectivity index (χ1) is 6.65. The molecule has 0 bridgehead atoms. The lowest BCUT2D eigenvalue weighted by Crippen LogP contribution is -2.00. The number of halogens is 2. The van der Waals surface area contributed by atoms with E-state index in [1.807, 2.05) is 0 Å². The number of hydrogen-bond acceptors (Lipinski definition) is 1. The Hall–Kier alpha value is -0.960. The van der Waals surface area contributed by atoms with Crippen molar-refractivity contribution >= 4 is 0 Å². The van der Waals surface area contributed by atoms with Crippen LogP contribution in [-0.2, 0) is 4.74 Å². The van der Waals surface area contributed by atoms with Crippen LogP contribution in [0.25, 0.3) is 0 Å². The van der Waals surface area contributed by atoms with Crippen molar-refractivity contribution in [2.75, 3.05) is 13.7 Å². The number of ether oxygens (including phenoxy) is 1. The van der Waals surface area contributed by atoms with Crippen LogP contribution in [0.2, 0.25) is 0 Å². The number of hydrogen-bond donors (Lipinski definition) is 0. The molecule has 14 heavy (non-hydrogen) atoms. The normalized spacial score (nSPS) is 12.9. The third kappa shape index (κ3) is 2.77. The van der Waals surface area contributed by atoms with Crippen molar-refractivity contribution in [1.82, 2.24) is 0 Å². The average Bonchev–Trinajstić information content (AvgIpc) is 2.18. The summed E-state index contributed by atoms with van der Waals surface area (Å²) >= 11 is 0. The fourth-order valence-electron chi connectivity index (χ4n) is 1.19. The van der Waals surface area contributed by atoms with Crippen molar-refractivity contribution in [3.05, 3.63) is 42.3 Å². The van der Waals surface area contributed by atoms with Gasteiger partial charge in [-0.15, -0.1) is 0 Å². The second-order valence-electron chi connectivity index (χ2n) is 3.15. The topological polar surface area (TPSA) is 9.23 Å². The van der Waals surface area contributed by atoms with Crippen molar-refractivity contribution < 1.29 is 13.5 Å². The van der Waals surface area contributed by atoms with E-state index in [1.165, 1.54) is 6.07 Å². The molecule has 0 aliphatic rings. The molecule has 1 aromatic rings. The lowest BCUT2D eigenvalue weighted by molar-refractivity contribution is 0.191. The van der Waals surface area contributed by atoms with Gasteiger partial charge in [0.15, 0.2) is 11.6 Å². The zero-order valence-corrected chi connectivity index (χ0v) is 8.09. The van der Waals surface area contributed by atoms with Crippen molar-refractivity contribution in [1.29, 1.82) is 0 Å².